The van der Waals surface area contributed by atoms with Crippen molar-refractivity contribution in [2.24, 2.45) is 7.05 Å². The molecule has 0 aliphatic heterocycles. The SMILES string of the molecule is CC(C)=CCCCCCCCCCC=CC(SC(=O)c1nc(C)c(C(=O)O)n1C)C(O)CCC(=O)O. The van der Waals surface area contributed by atoms with Crippen molar-refractivity contribution < 1.29 is 29.7 Å². The van der Waals surface area contributed by atoms with Crippen LogP contribution in [0.3, 0.4) is 0 Å². The first-order valence-corrected chi connectivity index (χ1v) is 13.6. The van der Waals surface area contributed by atoms with Crippen LogP contribution in [0.1, 0.15) is 111 Å². The van der Waals surface area contributed by atoms with E-state index in [2.05, 4.69) is 24.9 Å². The van der Waals surface area contributed by atoms with E-state index in [9.17, 15) is 24.6 Å². The Morgan fingerprint density at radius 1 is 1.00 bits per heavy atom. The minimum Gasteiger partial charge on any atom is -0.481 e. The summed E-state index contributed by atoms with van der Waals surface area (Å²) in [5.74, 6) is -2.20. The maximum absolute atomic E-state index is 12.9. The third-order valence-electron chi connectivity index (χ3n) is 5.88. The van der Waals surface area contributed by atoms with Gasteiger partial charge in [0.2, 0.25) is 0 Å². The quantitative estimate of drug-likeness (QED) is 0.160. The van der Waals surface area contributed by atoms with E-state index in [1.54, 1.807) is 6.08 Å². The number of carboxylic acids is 2. The molecule has 9 heteroatoms. The van der Waals surface area contributed by atoms with Crippen LogP contribution in [-0.2, 0) is 11.8 Å². The molecule has 2 unspecified atom stereocenters. The van der Waals surface area contributed by atoms with Gasteiger partial charge in [-0.25, -0.2) is 9.78 Å². The van der Waals surface area contributed by atoms with Crippen molar-refractivity contribution in [2.75, 3.05) is 0 Å². The van der Waals surface area contributed by atoms with Gasteiger partial charge in [0.15, 0.2) is 5.82 Å². The van der Waals surface area contributed by atoms with Gasteiger partial charge in [0.25, 0.3) is 5.12 Å². The molecule has 1 aromatic heterocycles. The topological polar surface area (TPSA) is 130 Å². The molecule has 2 atom stereocenters. The van der Waals surface area contributed by atoms with Gasteiger partial charge in [0.05, 0.1) is 17.0 Å². The number of rotatable bonds is 18. The molecular formula is C27H42N2O6S. The van der Waals surface area contributed by atoms with Crippen molar-refractivity contribution in [1.29, 1.82) is 0 Å². The number of imidazole rings is 1. The maximum Gasteiger partial charge on any atom is 0.354 e. The van der Waals surface area contributed by atoms with Gasteiger partial charge in [-0.2, -0.15) is 0 Å². The zero-order valence-electron chi connectivity index (χ0n) is 22.0. The van der Waals surface area contributed by atoms with Crippen LogP contribution in [0.4, 0.5) is 0 Å². The molecule has 8 nitrogen and oxygen atoms in total. The van der Waals surface area contributed by atoms with Crippen molar-refractivity contribution in [3.05, 3.63) is 41.0 Å². The minimum atomic E-state index is -1.17. The molecular weight excluding hydrogens is 480 g/mol. The monoisotopic (exact) mass is 522 g/mol. The van der Waals surface area contributed by atoms with Crippen molar-refractivity contribution in [3.63, 3.8) is 0 Å². The van der Waals surface area contributed by atoms with Crippen LogP contribution in [0.5, 0.6) is 0 Å². The fourth-order valence-electron chi connectivity index (χ4n) is 3.89. The third-order valence-corrected chi connectivity index (χ3v) is 7.02. The molecule has 0 aliphatic carbocycles. The number of aliphatic carboxylic acids is 1. The van der Waals surface area contributed by atoms with Gasteiger partial charge in [-0.05, 0) is 52.9 Å². The Balaban J connectivity index is 2.58. The number of carbonyl (C=O) groups excluding carboxylic acids is 1. The summed E-state index contributed by atoms with van der Waals surface area (Å²) in [6.07, 6.45) is 15.0. The normalized spacial score (nSPS) is 13.0. The van der Waals surface area contributed by atoms with Crippen LogP contribution in [0.25, 0.3) is 0 Å². The molecule has 0 amide bonds. The van der Waals surface area contributed by atoms with E-state index in [1.165, 1.54) is 56.2 Å². The number of carboxylic acid groups (broad SMARTS) is 2. The first-order chi connectivity index (χ1) is 17.0. The number of carbonyl (C=O) groups is 3. The van der Waals surface area contributed by atoms with Gasteiger partial charge in [-0.15, -0.1) is 0 Å². The summed E-state index contributed by atoms with van der Waals surface area (Å²) in [6, 6.07) is 0. The Labute approximate surface area is 218 Å². The van der Waals surface area contributed by atoms with Gasteiger partial charge in [0, 0.05) is 13.5 Å². The molecule has 0 fully saturated rings. The van der Waals surface area contributed by atoms with Crippen LogP contribution < -0.4 is 0 Å². The third kappa shape index (κ3) is 12.0. The molecule has 0 aliphatic rings. The summed E-state index contributed by atoms with van der Waals surface area (Å²) in [6.45, 7) is 5.78. The average Bonchev–Trinajstić information content (AvgIpc) is 3.10. The van der Waals surface area contributed by atoms with E-state index in [4.69, 9.17) is 5.11 Å². The first kappa shape index (κ1) is 31.6. The summed E-state index contributed by atoms with van der Waals surface area (Å²) in [5.41, 5.74) is 1.55. The lowest BCUT2D eigenvalue weighted by Gasteiger charge is -2.18. The highest BCUT2D eigenvalue weighted by Gasteiger charge is 2.27. The smallest absolute Gasteiger partial charge is 0.354 e. The van der Waals surface area contributed by atoms with Gasteiger partial charge in [-0.1, -0.05) is 67.7 Å². The number of aromatic nitrogens is 2. The predicted octanol–water partition coefficient (Wildman–Crippen LogP) is 5.93. The number of aliphatic hydroxyl groups excluding tert-OH is 1. The highest BCUT2D eigenvalue weighted by molar-refractivity contribution is 8.14. The highest BCUT2D eigenvalue weighted by Crippen LogP contribution is 2.25. The summed E-state index contributed by atoms with van der Waals surface area (Å²) in [7, 11) is 1.46. The largest absolute Gasteiger partial charge is 0.481 e. The highest BCUT2D eigenvalue weighted by atomic mass is 32.2. The number of hydrogen-bond acceptors (Lipinski definition) is 6. The second-order valence-electron chi connectivity index (χ2n) is 9.37. The molecule has 36 heavy (non-hydrogen) atoms. The molecule has 202 valence electrons. The lowest BCUT2D eigenvalue weighted by molar-refractivity contribution is -0.137. The Morgan fingerprint density at radius 3 is 2.11 bits per heavy atom. The van der Waals surface area contributed by atoms with Crippen molar-refractivity contribution in [3.8, 4) is 0 Å². The van der Waals surface area contributed by atoms with Crippen LogP contribution in [0.2, 0.25) is 0 Å². The van der Waals surface area contributed by atoms with Crippen molar-refractivity contribution >= 4 is 28.8 Å². The number of allylic oxidation sites excluding steroid dienone is 3. The standard InChI is InChI=1S/C27H42N2O6S/c1-19(2)15-13-11-9-7-5-6-8-10-12-14-16-22(21(30)17-18-23(31)32)36-27(35)25-28-20(3)24(26(33)34)29(25)4/h14-16,21-22,30H,5-13,17-18H2,1-4H3,(H,31,32)(H,33,34). The summed E-state index contributed by atoms with van der Waals surface area (Å²) in [5, 5.41) is 27.7. The molecule has 1 rings (SSSR count). The first-order valence-electron chi connectivity index (χ1n) is 12.7. The van der Waals surface area contributed by atoms with E-state index < -0.39 is 28.4 Å². The molecule has 0 radical (unpaired) electrons. The number of nitrogens with zero attached hydrogens (tertiary/aromatic N) is 2. The summed E-state index contributed by atoms with van der Waals surface area (Å²) >= 11 is 0.840. The van der Waals surface area contributed by atoms with Gasteiger partial charge < -0.3 is 19.9 Å². The van der Waals surface area contributed by atoms with E-state index in [1.807, 2.05) is 6.08 Å². The number of hydrogen-bond donors (Lipinski definition) is 3. The molecule has 0 spiro atoms. The molecule has 1 heterocycles. The number of aliphatic hydroxyl groups is 1. The van der Waals surface area contributed by atoms with E-state index in [-0.39, 0.29) is 30.1 Å². The number of aromatic carboxylic acids is 1. The Bertz CT molecular complexity index is 918. The Hall–Kier alpha value is -2.39. The van der Waals surface area contributed by atoms with Crippen LogP contribution in [0, 0.1) is 6.92 Å². The lowest BCUT2D eigenvalue weighted by atomic mass is 10.1. The average molecular weight is 523 g/mol. The van der Waals surface area contributed by atoms with Crippen LogP contribution in [-0.4, -0.2) is 53.3 Å². The molecule has 3 N–H and O–H groups in total. The zero-order chi connectivity index (χ0) is 27.1. The number of aryl methyl sites for hydroxylation is 1. The maximum atomic E-state index is 12.9. The lowest BCUT2D eigenvalue weighted by Crippen LogP contribution is -2.24. The molecule has 0 aromatic carbocycles. The Kier molecular flexibility index (Phi) is 15.1. The van der Waals surface area contributed by atoms with Crippen molar-refractivity contribution in [2.45, 2.75) is 103 Å². The summed E-state index contributed by atoms with van der Waals surface area (Å²) in [4.78, 5) is 39.3. The number of thioether (sulfide) groups is 1. The van der Waals surface area contributed by atoms with E-state index in [0.717, 1.165) is 37.4 Å². The van der Waals surface area contributed by atoms with Gasteiger partial charge in [0.1, 0.15) is 5.69 Å². The predicted molar refractivity (Wildman–Crippen MR) is 144 cm³/mol. The van der Waals surface area contributed by atoms with Crippen LogP contribution >= 0.6 is 11.8 Å². The van der Waals surface area contributed by atoms with Gasteiger partial charge >= 0.3 is 11.9 Å². The number of unbranched alkanes of at least 4 members (excludes halogenated alkanes) is 8. The zero-order valence-corrected chi connectivity index (χ0v) is 22.9. The Morgan fingerprint density at radius 2 is 1.58 bits per heavy atom. The fraction of sp³-hybridized carbons (Fsp3) is 0.630. The minimum absolute atomic E-state index is 0.0121. The molecule has 0 saturated carbocycles. The second kappa shape index (κ2) is 17.1. The fourth-order valence-corrected chi connectivity index (χ4v) is 4.90. The van der Waals surface area contributed by atoms with Crippen molar-refractivity contribution in [1.82, 2.24) is 9.55 Å². The molecule has 0 saturated heterocycles. The van der Waals surface area contributed by atoms with E-state index in [0.29, 0.717) is 0 Å². The summed E-state index contributed by atoms with van der Waals surface area (Å²) < 4.78 is 1.24. The second-order valence-corrected chi connectivity index (χ2v) is 10.5. The van der Waals surface area contributed by atoms with Gasteiger partial charge in [-0.3, -0.25) is 9.59 Å². The molecule has 1 aromatic rings. The van der Waals surface area contributed by atoms with E-state index >= 15 is 0 Å². The van der Waals surface area contributed by atoms with Crippen LogP contribution in [0.15, 0.2) is 23.8 Å². The molecule has 0 bridgehead atoms.